The van der Waals surface area contributed by atoms with Crippen molar-refractivity contribution in [2.24, 2.45) is 0 Å². The number of furan rings is 2. The van der Waals surface area contributed by atoms with Crippen LogP contribution in [-0.2, 0) is 0 Å². The summed E-state index contributed by atoms with van der Waals surface area (Å²) in [4.78, 5) is 15.5. The van der Waals surface area contributed by atoms with E-state index >= 15 is 0 Å². The molecule has 0 saturated carbocycles. The Morgan fingerprint density at radius 2 is 0.912 bits per heavy atom. The minimum Gasteiger partial charge on any atom is -0.456 e. The quantitative estimate of drug-likeness (QED) is 0.176. The molecule has 0 bridgehead atoms. The van der Waals surface area contributed by atoms with E-state index in [1.165, 1.54) is 16.3 Å². The zero-order valence-corrected chi connectivity index (χ0v) is 30.4. The van der Waals surface area contributed by atoms with Crippen molar-refractivity contribution in [3.8, 4) is 51.0 Å². The lowest BCUT2D eigenvalue weighted by atomic mass is 9.99. The van der Waals surface area contributed by atoms with E-state index in [0.29, 0.717) is 17.5 Å². The molecule has 0 atom stereocenters. The molecule has 0 spiro atoms. The van der Waals surface area contributed by atoms with Crippen molar-refractivity contribution in [1.82, 2.24) is 19.5 Å². The second-order valence-corrected chi connectivity index (χ2v) is 14.3. The molecule has 0 saturated heterocycles. The highest BCUT2D eigenvalue weighted by molar-refractivity contribution is 6.17. The number of rotatable bonds is 5. The molecule has 6 heteroatoms. The average molecular weight is 731 g/mol. The third-order valence-electron chi connectivity index (χ3n) is 11.1. The van der Waals surface area contributed by atoms with Gasteiger partial charge in [0.25, 0.3) is 0 Å². The van der Waals surface area contributed by atoms with Crippen LogP contribution in [0.2, 0.25) is 0 Å². The molecular formula is C51H30N4O2. The predicted molar refractivity (Wildman–Crippen MR) is 230 cm³/mol. The monoisotopic (exact) mass is 730 g/mol. The van der Waals surface area contributed by atoms with Crippen molar-refractivity contribution >= 4 is 65.7 Å². The normalized spacial score (nSPS) is 11.9. The van der Waals surface area contributed by atoms with Gasteiger partial charge in [0.1, 0.15) is 22.3 Å². The van der Waals surface area contributed by atoms with Gasteiger partial charge in [0.05, 0.1) is 11.0 Å². The number of para-hydroxylation sites is 4. The van der Waals surface area contributed by atoms with Crippen LogP contribution in [0.4, 0.5) is 0 Å². The summed E-state index contributed by atoms with van der Waals surface area (Å²) >= 11 is 0. The molecule has 0 fully saturated rings. The molecule has 4 aromatic heterocycles. The molecule has 4 heterocycles. The first-order valence-corrected chi connectivity index (χ1v) is 19.0. The Hall–Kier alpha value is -7.83. The molecule has 8 aromatic carbocycles. The molecule has 0 amide bonds. The summed E-state index contributed by atoms with van der Waals surface area (Å²) in [6, 6.07) is 62.6. The van der Waals surface area contributed by atoms with E-state index < -0.39 is 0 Å². The third-order valence-corrected chi connectivity index (χ3v) is 11.1. The maximum Gasteiger partial charge on any atom is 0.164 e. The van der Waals surface area contributed by atoms with Gasteiger partial charge in [-0.15, -0.1) is 0 Å². The van der Waals surface area contributed by atoms with Gasteiger partial charge in [0, 0.05) is 60.3 Å². The van der Waals surface area contributed by atoms with Crippen molar-refractivity contribution < 1.29 is 8.83 Å². The Morgan fingerprint density at radius 1 is 0.351 bits per heavy atom. The van der Waals surface area contributed by atoms with E-state index in [1.54, 1.807) is 0 Å². The Labute approximate surface area is 325 Å². The lowest BCUT2D eigenvalue weighted by molar-refractivity contribution is 0.669. The lowest BCUT2D eigenvalue weighted by Gasteiger charge is -2.10. The summed E-state index contributed by atoms with van der Waals surface area (Å²) in [5.41, 5.74) is 11.4. The van der Waals surface area contributed by atoms with E-state index in [9.17, 15) is 0 Å². The molecule has 12 aromatic rings. The van der Waals surface area contributed by atoms with Crippen molar-refractivity contribution in [2.75, 3.05) is 0 Å². The largest absolute Gasteiger partial charge is 0.456 e. The number of fused-ring (bicyclic) bond motifs is 9. The van der Waals surface area contributed by atoms with Crippen LogP contribution in [0.25, 0.3) is 117 Å². The molecule has 57 heavy (non-hydrogen) atoms. The highest BCUT2D eigenvalue weighted by Crippen LogP contribution is 2.43. The molecule has 12 rings (SSSR count). The SMILES string of the molecule is c1ccc(-c2nc(-c3cccc4oc5ccccc5c34)nc(-c3cccc4oc5c(-c6ccc7c(c6)c6ccccc6n7-c6ccccc6)cccc5c34)n2)cc1. The van der Waals surface area contributed by atoms with Crippen molar-refractivity contribution in [3.63, 3.8) is 0 Å². The van der Waals surface area contributed by atoms with Gasteiger partial charge in [-0.1, -0.05) is 133 Å². The standard InChI is InChI=1S/C51H30N4O2/c1-3-14-31(15-4-1)49-52-50(38-22-12-26-44-46(38)36-19-8-10-25-43(36)56-44)54-51(53-49)39-23-13-27-45-47(39)37-21-11-20-34(48(37)57-45)32-28-29-42-40(30-32)35-18-7-9-24-41(35)55(42)33-16-5-2-6-17-33/h1-30H. The van der Waals surface area contributed by atoms with Crippen molar-refractivity contribution in [3.05, 3.63) is 182 Å². The summed E-state index contributed by atoms with van der Waals surface area (Å²) < 4.78 is 15.4. The van der Waals surface area contributed by atoms with Crippen molar-refractivity contribution in [1.29, 1.82) is 0 Å². The van der Waals surface area contributed by atoms with Gasteiger partial charge in [0.15, 0.2) is 17.5 Å². The first kappa shape index (κ1) is 31.5. The smallest absolute Gasteiger partial charge is 0.164 e. The fourth-order valence-corrected chi connectivity index (χ4v) is 8.55. The molecule has 0 unspecified atom stereocenters. The number of aromatic nitrogens is 4. The molecule has 6 nitrogen and oxygen atoms in total. The minimum atomic E-state index is 0.567. The molecule has 0 aliphatic heterocycles. The third kappa shape index (κ3) is 4.87. The summed E-state index contributed by atoms with van der Waals surface area (Å²) in [7, 11) is 0. The van der Waals surface area contributed by atoms with E-state index in [-0.39, 0.29) is 0 Å². The van der Waals surface area contributed by atoms with Gasteiger partial charge in [-0.25, -0.2) is 15.0 Å². The van der Waals surface area contributed by atoms with E-state index in [1.807, 2.05) is 72.8 Å². The van der Waals surface area contributed by atoms with Gasteiger partial charge >= 0.3 is 0 Å². The summed E-state index contributed by atoms with van der Waals surface area (Å²) in [6.07, 6.45) is 0. The molecule has 266 valence electrons. The van der Waals surface area contributed by atoms with Gasteiger partial charge in [-0.3, -0.25) is 0 Å². The van der Waals surface area contributed by atoms with Crippen LogP contribution >= 0.6 is 0 Å². The van der Waals surface area contributed by atoms with Crippen LogP contribution in [-0.4, -0.2) is 19.5 Å². The Balaban J connectivity index is 1.07. The van der Waals surface area contributed by atoms with E-state index in [2.05, 4.69) is 114 Å². The van der Waals surface area contributed by atoms with Crippen LogP contribution < -0.4 is 0 Å². The molecular weight excluding hydrogens is 701 g/mol. The van der Waals surface area contributed by atoms with Crippen LogP contribution in [0.5, 0.6) is 0 Å². The second kappa shape index (κ2) is 12.3. The summed E-state index contributed by atoms with van der Waals surface area (Å²) in [5, 5.41) is 6.34. The molecule has 0 radical (unpaired) electrons. The van der Waals surface area contributed by atoms with Gasteiger partial charge in [0.2, 0.25) is 0 Å². The molecule has 0 N–H and O–H groups in total. The fraction of sp³-hybridized carbons (Fsp3) is 0. The van der Waals surface area contributed by atoms with Crippen LogP contribution in [0, 0.1) is 0 Å². The van der Waals surface area contributed by atoms with E-state index in [4.69, 9.17) is 23.8 Å². The van der Waals surface area contributed by atoms with Gasteiger partial charge < -0.3 is 13.4 Å². The molecule has 0 aliphatic rings. The van der Waals surface area contributed by atoms with Crippen LogP contribution in [0.1, 0.15) is 0 Å². The van der Waals surface area contributed by atoms with Crippen LogP contribution in [0.3, 0.4) is 0 Å². The minimum absolute atomic E-state index is 0.567. The highest BCUT2D eigenvalue weighted by atomic mass is 16.3. The topological polar surface area (TPSA) is 69.9 Å². The van der Waals surface area contributed by atoms with Crippen LogP contribution in [0.15, 0.2) is 191 Å². The maximum absolute atomic E-state index is 6.81. The number of hydrogen-bond acceptors (Lipinski definition) is 5. The van der Waals surface area contributed by atoms with E-state index in [0.717, 1.165) is 82.9 Å². The highest BCUT2D eigenvalue weighted by Gasteiger charge is 2.22. The summed E-state index contributed by atoms with van der Waals surface area (Å²) in [6.45, 7) is 0. The van der Waals surface area contributed by atoms with Gasteiger partial charge in [-0.2, -0.15) is 0 Å². The maximum atomic E-state index is 6.81. The summed E-state index contributed by atoms with van der Waals surface area (Å²) in [5.74, 6) is 1.73. The fourth-order valence-electron chi connectivity index (χ4n) is 8.55. The Kier molecular flexibility index (Phi) is 6.83. The van der Waals surface area contributed by atoms with Crippen molar-refractivity contribution in [2.45, 2.75) is 0 Å². The van der Waals surface area contributed by atoms with Gasteiger partial charge in [-0.05, 0) is 54.1 Å². The number of nitrogens with zero attached hydrogens (tertiary/aromatic N) is 4. The predicted octanol–water partition coefficient (Wildman–Crippen LogP) is 13.4. The zero-order valence-electron chi connectivity index (χ0n) is 30.4. The molecule has 0 aliphatic carbocycles. The Morgan fingerprint density at radius 3 is 1.70 bits per heavy atom. The second-order valence-electron chi connectivity index (χ2n) is 14.3. The first-order valence-electron chi connectivity index (χ1n) is 19.0. The number of benzene rings is 8. The average Bonchev–Trinajstić information content (AvgIpc) is 3.96. The Bertz CT molecular complexity index is 3530. The number of hydrogen-bond donors (Lipinski definition) is 0. The lowest BCUT2D eigenvalue weighted by Crippen LogP contribution is -2.00. The zero-order chi connectivity index (χ0) is 37.5. The first-order chi connectivity index (χ1) is 28.3.